The molecule has 2 aliphatic rings. The van der Waals surface area contributed by atoms with Crippen molar-refractivity contribution < 1.29 is 9.59 Å². The predicted molar refractivity (Wildman–Crippen MR) is 82.6 cm³/mol. The van der Waals surface area contributed by atoms with Gasteiger partial charge in [-0.2, -0.15) is 0 Å². The second-order valence-corrected chi connectivity index (χ2v) is 6.41. The van der Waals surface area contributed by atoms with E-state index in [2.05, 4.69) is 5.32 Å². The number of hydrogen-bond donors (Lipinski definition) is 1. The van der Waals surface area contributed by atoms with Gasteiger partial charge in [0.25, 0.3) is 5.91 Å². The number of halogens is 2. The van der Waals surface area contributed by atoms with Crippen molar-refractivity contribution in [2.45, 2.75) is 44.2 Å². The third kappa shape index (κ3) is 2.87. The van der Waals surface area contributed by atoms with Crippen molar-refractivity contribution in [2.75, 3.05) is 5.32 Å². The van der Waals surface area contributed by atoms with Crippen LogP contribution in [0, 0.1) is 0 Å². The number of benzene rings is 1. The van der Waals surface area contributed by atoms with Gasteiger partial charge in [-0.1, -0.05) is 36.0 Å². The summed E-state index contributed by atoms with van der Waals surface area (Å²) < 4.78 is 0. The third-order valence-electron chi connectivity index (χ3n) is 4.13. The Balaban J connectivity index is 1.76. The summed E-state index contributed by atoms with van der Waals surface area (Å²) in [4.78, 5) is 26.0. The summed E-state index contributed by atoms with van der Waals surface area (Å²) >= 11 is 12.0. The minimum absolute atomic E-state index is 0.0756. The van der Waals surface area contributed by atoms with E-state index >= 15 is 0 Å². The van der Waals surface area contributed by atoms with E-state index in [0.717, 1.165) is 25.7 Å². The maximum Gasteiger partial charge on any atom is 0.252 e. The van der Waals surface area contributed by atoms with Crippen LogP contribution in [0.3, 0.4) is 0 Å². The van der Waals surface area contributed by atoms with Gasteiger partial charge < -0.3 is 5.32 Å². The van der Waals surface area contributed by atoms with Crippen LogP contribution >= 0.6 is 23.2 Å². The van der Waals surface area contributed by atoms with Crippen molar-refractivity contribution in [1.82, 2.24) is 4.90 Å². The highest BCUT2D eigenvalue weighted by atomic mass is 35.5. The first kappa shape index (κ1) is 14.7. The SMILES string of the molecule is O=C1CC(Nc2cc(Cl)ccc2Cl)C(=O)N1C1CCCC1. The second-order valence-electron chi connectivity index (χ2n) is 5.57. The quantitative estimate of drug-likeness (QED) is 0.865. The molecule has 1 aromatic carbocycles. The number of rotatable bonds is 3. The molecule has 3 rings (SSSR count). The zero-order chi connectivity index (χ0) is 15.0. The monoisotopic (exact) mass is 326 g/mol. The summed E-state index contributed by atoms with van der Waals surface area (Å²) in [6.45, 7) is 0. The molecule has 112 valence electrons. The summed E-state index contributed by atoms with van der Waals surface area (Å²) in [7, 11) is 0. The highest BCUT2D eigenvalue weighted by Gasteiger charge is 2.43. The van der Waals surface area contributed by atoms with Gasteiger partial charge in [0.1, 0.15) is 6.04 Å². The van der Waals surface area contributed by atoms with Crippen molar-refractivity contribution in [3.63, 3.8) is 0 Å². The molecule has 1 aromatic rings. The fourth-order valence-corrected chi connectivity index (χ4v) is 3.45. The number of carbonyl (C=O) groups excluding carboxylic acids is 2. The Kier molecular flexibility index (Phi) is 4.09. The number of carbonyl (C=O) groups is 2. The highest BCUT2D eigenvalue weighted by molar-refractivity contribution is 6.35. The normalized spacial score (nSPS) is 23.1. The molecule has 0 spiro atoms. The summed E-state index contributed by atoms with van der Waals surface area (Å²) in [6.07, 6.45) is 4.18. The number of nitrogens with one attached hydrogen (secondary N) is 1. The Morgan fingerprint density at radius 1 is 1.14 bits per heavy atom. The molecule has 21 heavy (non-hydrogen) atoms. The molecule has 2 amide bonds. The largest absolute Gasteiger partial charge is 0.372 e. The molecule has 6 heteroatoms. The van der Waals surface area contributed by atoms with Crippen LogP contribution in [0.5, 0.6) is 0 Å². The van der Waals surface area contributed by atoms with Crippen LogP contribution in [0.4, 0.5) is 5.69 Å². The Morgan fingerprint density at radius 3 is 2.57 bits per heavy atom. The van der Waals surface area contributed by atoms with Crippen LogP contribution in [0.2, 0.25) is 10.0 Å². The molecule has 1 unspecified atom stereocenters. The molecular formula is C15H16Cl2N2O2. The van der Waals surface area contributed by atoms with E-state index in [1.807, 2.05) is 0 Å². The first-order chi connectivity index (χ1) is 10.1. The van der Waals surface area contributed by atoms with Gasteiger partial charge in [-0.05, 0) is 31.0 Å². The molecule has 4 nitrogen and oxygen atoms in total. The lowest BCUT2D eigenvalue weighted by Gasteiger charge is -2.22. The van der Waals surface area contributed by atoms with Gasteiger partial charge in [-0.15, -0.1) is 0 Å². The fraction of sp³-hybridized carbons (Fsp3) is 0.467. The molecule has 1 N–H and O–H groups in total. The van der Waals surface area contributed by atoms with Gasteiger partial charge in [-0.25, -0.2) is 0 Å². The number of nitrogens with zero attached hydrogens (tertiary/aromatic N) is 1. The topological polar surface area (TPSA) is 49.4 Å². The van der Waals surface area contributed by atoms with Gasteiger partial charge in [0.2, 0.25) is 5.91 Å². The average molecular weight is 327 g/mol. The second kappa shape index (κ2) is 5.85. The van der Waals surface area contributed by atoms with E-state index in [9.17, 15) is 9.59 Å². The van der Waals surface area contributed by atoms with Crippen LogP contribution in [0.1, 0.15) is 32.1 Å². The Labute approximate surface area is 133 Å². The molecule has 1 atom stereocenters. The predicted octanol–water partition coefficient (Wildman–Crippen LogP) is 3.48. The third-order valence-corrected chi connectivity index (χ3v) is 4.70. The molecule has 1 aliphatic heterocycles. The number of hydrogen-bond acceptors (Lipinski definition) is 3. The van der Waals surface area contributed by atoms with E-state index in [1.54, 1.807) is 18.2 Å². The first-order valence-corrected chi connectivity index (χ1v) is 7.89. The van der Waals surface area contributed by atoms with Crippen LogP contribution in [-0.2, 0) is 9.59 Å². The van der Waals surface area contributed by atoms with Crippen molar-refractivity contribution in [2.24, 2.45) is 0 Å². The lowest BCUT2D eigenvalue weighted by atomic mass is 10.2. The van der Waals surface area contributed by atoms with Crippen molar-refractivity contribution >= 4 is 40.7 Å². The smallest absolute Gasteiger partial charge is 0.252 e. The fourth-order valence-electron chi connectivity index (χ4n) is 3.11. The van der Waals surface area contributed by atoms with E-state index in [-0.39, 0.29) is 24.3 Å². The number of likely N-dealkylation sites (tertiary alicyclic amines) is 1. The van der Waals surface area contributed by atoms with Crippen LogP contribution in [0.15, 0.2) is 18.2 Å². The summed E-state index contributed by atoms with van der Waals surface area (Å²) in [5.74, 6) is -0.245. The molecule has 0 aromatic heterocycles. The zero-order valence-electron chi connectivity index (χ0n) is 11.4. The molecular weight excluding hydrogens is 311 g/mol. The number of amides is 2. The van der Waals surface area contributed by atoms with E-state index in [1.165, 1.54) is 4.90 Å². The number of imide groups is 1. The molecule has 1 saturated heterocycles. The maximum absolute atomic E-state index is 12.5. The standard InChI is InChI=1S/C15H16Cl2N2O2/c16-9-5-6-11(17)12(7-9)18-13-8-14(20)19(15(13)21)10-3-1-2-4-10/h5-7,10,13,18H,1-4,8H2. The van der Waals surface area contributed by atoms with E-state index in [4.69, 9.17) is 23.2 Å². The molecule has 0 bridgehead atoms. The Morgan fingerprint density at radius 2 is 1.86 bits per heavy atom. The van der Waals surface area contributed by atoms with Gasteiger partial charge in [0.15, 0.2) is 0 Å². The summed E-state index contributed by atoms with van der Waals surface area (Å²) in [5.41, 5.74) is 0.587. The van der Waals surface area contributed by atoms with Gasteiger partial charge in [0, 0.05) is 11.1 Å². The minimum atomic E-state index is -0.547. The zero-order valence-corrected chi connectivity index (χ0v) is 13.0. The van der Waals surface area contributed by atoms with Crippen molar-refractivity contribution in [1.29, 1.82) is 0 Å². The first-order valence-electron chi connectivity index (χ1n) is 7.14. The Bertz CT molecular complexity index is 585. The van der Waals surface area contributed by atoms with Gasteiger partial charge in [-0.3, -0.25) is 14.5 Å². The number of anilines is 1. The summed E-state index contributed by atoms with van der Waals surface area (Å²) in [5, 5.41) is 4.07. The van der Waals surface area contributed by atoms with Gasteiger partial charge in [0.05, 0.1) is 17.1 Å². The molecule has 1 saturated carbocycles. The van der Waals surface area contributed by atoms with Crippen molar-refractivity contribution in [3.05, 3.63) is 28.2 Å². The van der Waals surface area contributed by atoms with E-state index < -0.39 is 6.04 Å². The average Bonchev–Trinajstić information content (AvgIpc) is 3.03. The molecule has 1 aliphatic carbocycles. The van der Waals surface area contributed by atoms with E-state index in [0.29, 0.717) is 15.7 Å². The summed E-state index contributed by atoms with van der Waals surface area (Å²) in [6, 6.07) is 4.55. The van der Waals surface area contributed by atoms with Crippen LogP contribution in [-0.4, -0.2) is 28.8 Å². The lowest BCUT2D eigenvalue weighted by Crippen LogP contribution is -2.41. The van der Waals surface area contributed by atoms with Crippen LogP contribution < -0.4 is 5.32 Å². The lowest BCUT2D eigenvalue weighted by molar-refractivity contribution is -0.141. The highest BCUT2D eigenvalue weighted by Crippen LogP contribution is 2.31. The maximum atomic E-state index is 12.5. The van der Waals surface area contributed by atoms with Gasteiger partial charge >= 0.3 is 0 Å². The minimum Gasteiger partial charge on any atom is -0.372 e. The molecule has 2 fully saturated rings. The Hall–Kier alpha value is -1.26. The molecule has 1 heterocycles. The van der Waals surface area contributed by atoms with Crippen molar-refractivity contribution in [3.8, 4) is 0 Å². The van der Waals surface area contributed by atoms with Crippen LogP contribution in [0.25, 0.3) is 0 Å². The molecule has 0 radical (unpaired) electrons.